The number of carbonyl (C=O) groups is 1. The van der Waals surface area contributed by atoms with E-state index in [0.717, 1.165) is 24.7 Å². The van der Waals surface area contributed by atoms with Gasteiger partial charge >= 0.3 is 0 Å². The van der Waals surface area contributed by atoms with E-state index in [-0.39, 0.29) is 0 Å². The minimum atomic E-state index is 0.332. The molecule has 0 aromatic rings. The highest BCUT2D eigenvalue weighted by Gasteiger charge is 2.05. The molecule has 0 aromatic heterocycles. The Bertz CT molecular complexity index is 151. The van der Waals surface area contributed by atoms with Gasteiger partial charge in [-0.05, 0) is 25.2 Å². The van der Waals surface area contributed by atoms with E-state index in [1.54, 1.807) is 6.92 Å². The van der Waals surface area contributed by atoms with Crippen LogP contribution in [0.4, 0.5) is 0 Å². The Balaban J connectivity index is 3.35. The Morgan fingerprint density at radius 3 is 2.14 bits per heavy atom. The van der Waals surface area contributed by atoms with Gasteiger partial charge in [-0.1, -0.05) is 46.5 Å². The smallest absolute Gasteiger partial charge is 0.129 e. The fourth-order valence-electron chi connectivity index (χ4n) is 1.61. The lowest BCUT2D eigenvalue weighted by molar-refractivity contribution is -0.117. The monoisotopic (exact) mass is 198 g/mol. The van der Waals surface area contributed by atoms with Crippen LogP contribution in [0.25, 0.3) is 0 Å². The van der Waals surface area contributed by atoms with Crippen molar-refractivity contribution in [2.45, 2.75) is 66.2 Å². The first-order valence-electron chi connectivity index (χ1n) is 6.05. The van der Waals surface area contributed by atoms with Gasteiger partial charge in [-0.15, -0.1) is 0 Å². The Morgan fingerprint density at radius 2 is 1.64 bits per heavy atom. The van der Waals surface area contributed by atoms with Gasteiger partial charge in [-0.3, -0.25) is 0 Å². The summed E-state index contributed by atoms with van der Waals surface area (Å²) in [5.74, 6) is 1.93. The molecule has 0 aromatic carbocycles. The van der Waals surface area contributed by atoms with E-state index < -0.39 is 0 Å². The van der Waals surface area contributed by atoms with Crippen LogP contribution in [-0.4, -0.2) is 5.78 Å². The molecule has 0 spiro atoms. The van der Waals surface area contributed by atoms with Crippen LogP contribution >= 0.6 is 0 Å². The second-order valence-electron chi connectivity index (χ2n) is 4.79. The van der Waals surface area contributed by atoms with Gasteiger partial charge in [-0.25, -0.2) is 0 Å². The molecule has 14 heavy (non-hydrogen) atoms. The average molecular weight is 198 g/mol. The third kappa shape index (κ3) is 8.28. The summed E-state index contributed by atoms with van der Waals surface area (Å²) in [7, 11) is 0. The molecule has 0 radical (unpaired) electrons. The molecule has 0 saturated carbocycles. The zero-order valence-electron chi connectivity index (χ0n) is 10.3. The minimum Gasteiger partial charge on any atom is -0.300 e. The van der Waals surface area contributed by atoms with Gasteiger partial charge in [-0.2, -0.15) is 0 Å². The van der Waals surface area contributed by atoms with Crippen LogP contribution in [0.1, 0.15) is 66.2 Å². The average Bonchev–Trinajstić information content (AvgIpc) is 2.14. The van der Waals surface area contributed by atoms with Crippen LogP contribution in [0, 0.1) is 11.8 Å². The van der Waals surface area contributed by atoms with E-state index in [1.165, 1.54) is 25.7 Å². The van der Waals surface area contributed by atoms with Gasteiger partial charge in [0.2, 0.25) is 0 Å². The van der Waals surface area contributed by atoms with Crippen molar-refractivity contribution in [1.29, 1.82) is 0 Å². The highest BCUT2D eigenvalue weighted by Crippen LogP contribution is 2.18. The number of rotatable bonds is 8. The molecule has 0 saturated heterocycles. The van der Waals surface area contributed by atoms with Crippen molar-refractivity contribution in [2.24, 2.45) is 11.8 Å². The van der Waals surface area contributed by atoms with Crippen molar-refractivity contribution in [3.8, 4) is 0 Å². The first kappa shape index (κ1) is 13.7. The molecule has 0 unspecified atom stereocenters. The second kappa shape index (κ2) is 8.02. The van der Waals surface area contributed by atoms with Gasteiger partial charge in [0, 0.05) is 6.42 Å². The summed E-state index contributed by atoms with van der Waals surface area (Å²) in [4.78, 5) is 10.8. The molecular formula is C13H26O. The van der Waals surface area contributed by atoms with Crippen LogP contribution in [0.15, 0.2) is 0 Å². The fraction of sp³-hybridized carbons (Fsp3) is 0.923. The van der Waals surface area contributed by atoms with Gasteiger partial charge < -0.3 is 4.79 Å². The van der Waals surface area contributed by atoms with E-state index >= 15 is 0 Å². The Morgan fingerprint density at radius 1 is 1.07 bits per heavy atom. The van der Waals surface area contributed by atoms with Gasteiger partial charge in [0.15, 0.2) is 0 Å². The van der Waals surface area contributed by atoms with Crippen molar-refractivity contribution in [1.82, 2.24) is 0 Å². The molecule has 0 aliphatic heterocycles. The third-order valence-electron chi connectivity index (χ3n) is 3.08. The molecular weight excluding hydrogens is 172 g/mol. The maximum atomic E-state index is 10.8. The summed E-state index contributed by atoms with van der Waals surface area (Å²) >= 11 is 0. The first-order valence-corrected chi connectivity index (χ1v) is 6.05. The molecule has 0 heterocycles. The normalized spacial score (nSPS) is 15.1. The van der Waals surface area contributed by atoms with Crippen LogP contribution in [0.5, 0.6) is 0 Å². The lowest BCUT2D eigenvalue weighted by Gasteiger charge is -2.12. The first-order chi connectivity index (χ1) is 6.56. The number of Topliss-reactive ketones (excluding diaryl/α,β-unsaturated/α-hetero) is 1. The van der Waals surface area contributed by atoms with Crippen LogP contribution in [0.2, 0.25) is 0 Å². The lowest BCUT2D eigenvalue weighted by Crippen LogP contribution is -2.00. The summed E-state index contributed by atoms with van der Waals surface area (Å²) in [5.41, 5.74) is 0. The molecule has 0 bridgehead atoms. The number of ketones is 1. The second-order valence-corrected chi connectivity index (χ2v) is 4.79. The molecule has 0 N–H and O–H groups in total. The van der Waals surface area contributed by atoms with E-state index in [1.807, 2.05) is 0 Å². The molecule has 0 amide bonds. The molecule has 1 nitrogen and oxygen atoms in total. The van der Waals surface area contributed by atoms with Crippen molar-refractivity contribution >= 4 is 5.78 Å². The third-order valence-corrected chi connectivity index (χ3v) is 3.08. The maximum Gasteiger partial charge on any atom is 0.129 e. The lowest BCUT2D eigenvalue weighted by atomic mass is 9.94. The Kier molecular flexibility index (Phi) is 7.83. The van der Waals surface area contributed by atoms with Gasteiger partial charge in [0.05, 0.1) is 0 Å². The van der Waals surface area contributed by atoms with E-state index in [0.29, 0.717) is 5.78 Å². The molecule has 0 rings (SSSR count). The quantitative estimate of drug-likeness (QED) is 0.571. The van der Waals surface area contributed by atoms with Crippen molar-refractivity contribution in [2.75, 3.05) is 0 Å². The highest BCUT2D eigenvalue weighted by molar-refractivity contribution is 5.75. The SMILES string of the molecule is CC[C@@H](C)CCC[C@H](C)CCC(C)=O. The van der Waals surface area contributed by atoms with Crippen molar-refractivity contribution in [3.63, 3.8) is 0 Å². The summed E-state index contributed by atoms with van der Waals surface area (Å²) < 4.78 is 0. The highest BCUT2D eigenvalue weighted by atomic mass is 16.1. The summed E-state index contributed by atoms with van der Waals surface area (Å²) in [5, 5.41) is 0. The predicted molar refractivity (Wildman–Crippen MR) is 62.4 cm³/mol. The molecule has 1 heteroatoms. The minimum absolute atomic E-state index is 0.332. The molecule has 0 fully saturated rings. The zero-order chi connectivity index (χ0) is 11.0. The number of hydrogen-bond acceptors (Lipinski definition) is 1. The predicted octanol–water partition coefficient (Wildman–Crippen LogP) is 4.21. The standard InChI is InChI=1S/C13H26O/c1-5-11(2)7-6-8-12(3)9-10-13(4)14/h11-12H,5-10H2,1-4H3/t11-,12+/m1/s1. The molecule has 0 aliphatic carbocycles. The Labute approximate surface area is 89.3 Å². The Hall–Kier alpha value is -0.330. The van der Waals surface area contributed by atoms with Crippen molar-refractivity contribution < 1.29 is 4.79 Å². The number of hydrogen-bond donors (Lipinski definition) is 0. The number of carbonyl (C=O) groups excluding carboxylic acids is 1. The van der Waals surface area contributed by atoms with E-state index in [9.17, 15) is 4.79 Å². The largest absolute Gasteiger partial charge is 0.300 e. The summed E-state index contributed by atoms with van der Waals surface area (Å²) in [6.45, 7) is 8.52. The van der Waals surface area contributed by atoms with Crippen molar-refractivity contribution in [3.05, 3.63) is 0 Å². The van der Waals surface area contributed by atoms with Gasteiger partial charge in [0.25, 0.3) is 0 Å². The molecule has 2 atom stereocenters. The topological polar surface area (TPSA) is 17.1 Å². The summed E-state index contributed by atoms with van der Waals surface area (Å²) in [6, 6.07) is 0. The van der Waals surface area contributed by atoms with Crippen LogP contribution < -0.4 is 0 Å². The molecule has 0 aliphatic rings. The fourth-order valence-corrected chi connectivity index (χ4v) is 1.61. The molecule has 84 valence electrons. The van der Waals surface area contributed by atoms with E-state index in [4.69, 9.17) is 0 Å². The van der Waals surface area contributed by atoms with E-state index in [2.05, 4.69) is 20.8 Å². The zero-order valence-corrected chi connectivity index (χ0v) is 10.3. The van der Waals surface area contributed by atoms with Crippen LogP contribution in [-0.2, 0) is 4.79 Å². The maximum absolute atomic E-state index is 10.8. The van der Waals surface area contributed by atoms with Gasteiger partial charge in [0.1, 0.15) is 5.78 Å². The summed E-state index contributed by atoms with van der Waals surface area (Å²) in [6.07, 6.45) is 7.11. The van der Waals surface area contributed by atoms with Crippen LogP contribution in [0.3, 0.4) is 0 Å².